The number of sulfonamides is 1. The zero-order chi connectivity index (χ0) is 20.3. The summed E-state index contributed by atoms with van der Waals surface area (Å²) in [5, 5.41) is 10.5. The van der Waals surface area contributed by atoms with Crippen LogP contribution in [0.25, 0.3) is 0 Å². The first kappa shape index (κ1) is 19.8. The molecule has 0 aromatic heterocycles. The van der Waals surface area contributed by atoms with Crippen molar-refractivity contribution in [2.75, 3.05) is 11.9 Å². The topological polar surface area (TPSA) is 122 Å². The fourth-order valence-corrected chi connectivity index (χ4v) is 3.71. The molecule has 3 rings (SSSR count). The van der Waals surface area contributed by atoms with Crippen LogP contribution in [-0.4, -0.2) is 37.8 Å². The molecular weight excluding hydrogens is 380 g/mol. The summed E-state index contributed by atoms with van der Waals surface area (Å²) in [5.41, 5.74) is 1.46. The largest absolute Gasteiger partial charge is 0.334 e. The lowest BCUT2D eigenvalue weighted by atomic mass is 10.1. The second-order valence-corrected chi connectivity index (χ2v) is 8.26. The lowest BCUT2D eigenvalue weighted by molar-refractivity contribution is -0.129. The molecule has 1 saturated heterocycles. The lowest BCUT2D eigenvalue weighted by Crippen LogP contribution is -2.40. The molecule has 0 spiro atoms. The van der Waals surface area contributed by atoms with Crippen LogP contribution in [0, 0.1) is 0 Å². The predicted molar refractivity (Wildman–Crippen MR) is 105 cm³/mol. The van der Waals surface area contributed by atoms with E-state index in [1.807, 2.05) is 37.3 Å². The van der Waals surface area contributed by atoms with E-state index in [0.29, 0.717) is 12.2 Å². The van der Waals surface area contributed by atoms with Crippen LogP contribution in [-0.2, 0) is 14.8 Å². The smallest absolute Gasteiger partial charge is 0.319 e. The van der Waals surface area contributed by atoms with Gasteiger partial charge in [-0.05, 0) is 36.8 Å². The van der Waals surface area contributed by atoms with Gasteiger partial charge < -0.3 is 15.5 Å². The first-order chi connectivity index (χ1) is 13.2. The number of anilines is 1. The molecule has 0 aliphatic carbocycles. The Bertz CT molecular complexity index is 961. The number of likely N-dealkylation sites (tertiary alicyclic amines) is 1. The van der Waals surface area contributed by atoms with Crippen LogP contribution >= 0.6 is 0 Å². The SMILES string of the molecule is CC(c1ccccc1)N1CC(NC(=O)Nc2ccc(S(N)(=O)=O)cc2)CC1=O. The van der Waals surface area contributed by atoms with Crippen molar-refractivity contribution in [1.29, 1.82) is 0 Å². The van der Waals surface area contributed by atoms with Gasteiger partial charge >= 0.3 is 6.03 Å². The molecule has 28 heavy (non-hydrogen) atoms. The van der Waals surface area contributed by atoms with Crippen molar-refractivity contribution < 1.29 is 18.0 Å². The number of benzene rings is 2. The number of nitrogens with one attached hydrogen (secondary N) is 2. The molecule has 1 aliphatic rings. The van der Waals surface area contributed by atoms with Gasteiger partial charge in [0.25, 0.3) is 0 Å². The van der Waals surface area contributed by atoms with E-state index in [9.17, 15) is 18.0 Å². The monoisotopic (exact) mass is 402 g/mol. The van der Waals surface area contributed by atoms with Gasteiger partial charge in [-0.1, -0.05) is 30.3 Å². The molecule has 4 N–H and O–H groups in total. The molecule has 1 heterocycles. The normalized spacial score (nSPS) is 18.0. The predicted octanol–water partition coefficient (Wildman–Crippen LogP) is 1.82. The fourth-order valence-electron chi connectivity index (χ4n) is 3.19. The van der Waals surface area contributed by atoms with Gasteiger partial charge in [-0.25, -0.2) is 18.4 Å². The molecule has 0 saturated carbocycles. The molecule has 0 bridgehead atoms. The number of hydrogen-bond acceptors (Lipinski definition) is 4. The summed E-state index contributed by atoms with van der Waals surface area (Å²) in [5.74, 6) is -0.0147. The zero-order valence-corrected chi connectivity index (χ0v) is 16.1. The van der Waals surface area contributed by atoms with Crippen LogP contribution in [0.4, 0.5) is 10.5 Å². The molecule has 2 aromatic carbocycles. The second-order valence-electron chi connectivity index (χ2n) is 6.70. The number of rotatable bonds is 5. The molecule has 148 valence electrons. The van der Waals surface area contributed by atoms with Crippen molar-refractivity contribution in [3.8, 4) is 0 Å². The molecule has 1 aliphatic heterocycles. The molecule has 0 radical (unpaired) electrons. The first-order valence-electron chi connectivity index (χ1n) is 8.79. The van der Waals surface area contributed by atoms with E-state index < -0.39 is 16.1 Å². The number of nitrogens with zero attached hydrogens (tertiary/aromatic N) is 1. The van der Waals surface area contributed by atoms with E-state index in [1.165, 1.54) is 24.3 Å². The van der Waals surface area contributed by atoms with E-state index in [2.05, 4.69) is 10.6 Å². The van der Waals surface area contributed by atoms with Crippen LogP contribution in [0.3, 0.4) is 0 Å². The molecule has 3 amide bonds. The number of hydrogen-bond donors (Lipinski definition) is 3. The van der Waals surface area contributed by atoms with E-state index in [0.717, 1.165) is 5.56 Å². The number of urea groups is 1. The van der Waals surface area contributed by atoms with Crippen molar-refractivity contribution in [1.82, 2.24) is 10.2 Å². The van der Waals surface area contributed by atoms with Crippen molar-refractivity contribution in [2.45, 2.75) is 30.3 Å². The van der Waals surface area contributed by atoms with Gasteiger partial charge in [0.05, 0.1) is 17.0 Å². The summed E-state index contributed by atoms with van der Waals surface area (Å²) in [6.07, 6.45) is 0.231. The molecule has 2 unspecified atom stereocenters. The summed E-state index contributed by atoms with van der Waals surface area (Å²) in [6, 6.07) is 14.4. The highest BCUT2D eigenvalue weighted by Crippen LogP contribution is 2.25. The Morgan fingerprint density at radius 2 is 1.79 bits per heavy atom. The molecular formula is C19H22N4O4S. The standard InChI is InChI=1S/C19H22N4O4S/c1-13(14-5-3-2-4-6-14)23-12-16(11-18(23)24)22-19(25)21-15-7-9-17(10-8-15)28(20,26)27/h2-10,13,16H,11-12H2,1H3,(H2,20,26,27)(H2,21,22,25). The maximum atomic E-state index is 12.4. The molecule has 2 aromatic rings. The lowest BCUT2D eigenvalue weighted by Gasteiger charge is -2.25. The molecule has 2 atom stereocenters. The second kappa shape index (κ2) is 7.99. The summed E-state index contributed by atoms with van der Waals surface area (Å²) in [7, 11) is -3.78. The van der Waals surface area contributed by atoms with Gasteiger partial charge in [-0.3, -0.25) is 4.79 Å². The summed E-state index contributed by atoms with van der Waals surface area (Å²) >= 11 is 0. The Hall–Kier alpha value is -2.91. The van der Waals surface area contributed by atoms with Crippen LogP contribution in [0.5, 0.6) is 0 Å². The van der Waals surface area contributed by atoms with E-state index >= 15 is 0 Å². The van der Waals surface area contributed by atoms with E-state index in [1.54, 1.807) is 4.90 Å². The summed E-state index contributed by atoms with van der Waals surface area (Å²) in [4.78, 5) is 26.3. The minimum atomic E-state index is -3.78. The Morgan fingerprint density at radius 3 is 2.39 bits per heavy atom. The van der Waals surface area contributed by atoms with Crippen LogP contribution in [0.15, 0.2) is 59.5 Å². The number of carbonyl (C=O) groups excluding carboxylic acids is 2. The number of primary sulfonamides is 1. The third kappa shape index (κ3) is 4.68. The molecule has 8 nitrogen and oxygen atoms in total. The Morgan fingerprint density at radius 1 is 1.14 bits per heavy atom. The average molecular weight is 402 g/mol. The van der Waals surface area contributed by atoms with Crippen molar-refractivity contribution in [2.24, 2.45) is 5.14 Å². The van der Waals surface area contributed by atoms with E-state index in [-0.39, 0.29) is 29.3 Å². The number of nitrogens with two attached hydrogens (primary N) is 1. The highest BCUT2D eigenvalue weighted by Gasteiger charge is 2.33. The summed E-state index contributed by atoms with van der Waals surface area (Å²) in [6.45, 7) is 2.38. The van der Waals surface area contributed by atoms with Crippen LogP contribution in [0.1, 0.15) is 24.9 Å². The first-order valence-corrected chi connectivity index (χ1v) is 10.3. The third-order valence-electron chi connectivity index (χ3n) is 4.68. The van der Waals surface area contributed by atoms with Crippen LogP contribution < -0.4 is 15.8 Å². The van der Waals surface area contributed by atoms with Crippen molar-refractivity contribution in [3.63, 3.8) is 0 Å². The average Bonchev–Trinajstić information content (AvgIpc) is 3.01. The Kier molecular flexibility index (Phi) is 5.66. The number of amides is 3. The maximum Gasteiger partial charge on any atom is 0.319 e. The van der Waals surface area contributed by atoms with Gasteiger partial charge in [0.15, 0.2) is 0 Å². The van der Waals surface area contributed by atoms with Gasteiger partial charge in [-0.2, -0.15) is 0 Å². The van der Waals surface area contributed by atoms with Crippen LogP contribution in [0.2, 0.25) is 0 Å². The summed E-state index contributed by atoms with van der Waals surface area (Å²) < 4.78 is 22.5. The Labute approximate surface area is 163 Å². The maximum absolute atomic E-state index is 12.4. The van der Waals surface area contributed by atoms with Crippen molar-refractivity contribution in [3.05, 3.63) is 60.2 Å². The van der Waals surface area contributed by atoms with Crippen molar-refractivity contribution >= 4 is 27.6 Å². The van der Waals surface area contributed by atoms with Gasteiger partial charge in [-0.15, -0.1) is 0 Å². The minimum Gasteiger partial charge on any atom is -0.334 e. The quantitative estimate of drug-likeness (QED) is 0.706. The van der Waals surface area contributed by atoms with Gasteiger partial charge in [0.1, 0.15) is 0 Å². The highest BCUT2D eigenvalue weighted by molar-refractivity contribution is 7.89. The highest BCUT2D eigenvalue weighted by atomic mass is 32.2. The van der Waals surface area contributed by atoms with Gasteiger partial charge in [0.2, 0.25) is 15.9 Å². The van der Waals surface area contributed by atoms with Gasteiger partial charge in [0, 0.05) is 18.7 Å². The zero-order valence-electron chi connectivity index (χ0n) is 15.3. The molecule has 9 heteroatoms. The Balaban J connectivity index is 1.57. The fraction of sp³-hybridized carbons (Fsp3) is 0.263. The molecule has 1 fully saturated rings. The third-order valence-corrected chi connectivity index (χ3v) is 5.61. The van der Waals surface area contributed by atoms with E-state index in [4.69, 9.17) is 5.14 Å². The number of carbonyl (C=O) groups is 2. The minimum absolute atomic E-state index is 0.0147.